The molecule has 3 aromatic rings. The Kier molecular flexibility index (Phi) is 11.1. The number of thioether (sulfide) groups is 1. The number of alkyl halides is 3. The lowest BCUT2D eigenvalue weighted by Gasteiger charge is -2.37. The summed E-state index contributed by atoms with van der Waals surface area (Å²) in [4.78, 5) is 6.53. The molecule has 6 rings (SSSR count). The number of aromatic hydroxyl groups is 1. The third-order valence-corrected chi connectivity index (χ3v) is 11.6. The normalized spacial score (nSPS) is 19.2. The molecule has 16 heteroatoms. The molecule has 0 spiro atoms. The number of piperazine rings is 1. The van der Waals surface area contributed by atoms with E-state index in [2.05, 4.69) is 14.7 Å². The highest BCUT2D eigenvalue weighted by molar-refractivity contribution is 7.99. The number of aliphatic hydroxyl groups excluding tert-OH is 1. The average molecular weight is 725 g/mol. The van der Waals surface area contributed by atoms with E-state index in [9.17, 15) is 31.8 Å². The zero-order valence-corrected chi connectivity index (χ0v) is 29.1. The van der Waals surface area contributed by atoms with Crippen LogP contribution in [0.25, 0.3) is 11.3 Å². The minimum Gasteiger partial charge on any atom is -0.506 e. The van der Waals surface area contributed by atoms with Gasteiger partial charge in [-0.1, -0.05) is 18.2 Å². The van der Waals surface area contributed by atoms with Crippen molar-refractivity contribution in [1.29, 1.82) is 0 Å². The molecule has 4 heterocycles. The summed E-state index contributed by atoms with van der Waals surface area (Å²) >= 11 is 1.15. The quantitative estimate of drug-likeness (QED) is 0.286. The molecule has 2 saturated heterocycles. The van der Waals surface area contributed by atoms with Crippen LogP contribution < -0.4 is 4.90 Å². The zero-order chi connectivity index (χ0) is 34.8. The van der Waals surface area contributed by atoms with E-state index in [1.54, 1.807) is 16.8 Å². The average Bonchev–Trinajstić information content (AvgIpc) is 3.42. The number of fused-ring (bicyclic) bond motifs is 1. The Morgan fingerprint density at radius 2 is 1.71 bits per heavy atom. The van der Waals surface area contributed by atoms with Crippen molar-refractivity contribution >= 4 is 27.5 Å². The molecule has 1 aromatic heterocycles. The monoisotopic (exact) mass is 724 g/mol. The molecule has 1 unspecified atom stereocenters. The topological polar surface area (TPSA) is 115 Å². The fourth-order valence-corrected chi connectivity index (χ4v) is 8.63. The molecule has 2 fully saturated rings. The van der Waals surface area contributed by atoms with Crippen molar-refractivity contribution in [2.75, 3.05) is 89.0 Å². The van der Waals surface area contributed by atoms with E-state index >= 15 is 0 Å². The van der Waals surface area contributed by atoms with Gasteiger partial charge in [0, 0.05) is 99.3 Å². The predicted octanol–water partition coefficient (Wildman–Crippen LogP) is 3.20. The summed E-state index contributed by atoms with van der Waals surface area (Å²) in [5.41, 5.74) is 2.39. The molecule has 1 atom stereocenters. The van der Waals surface area contributed by atoms with Gasteiger partial charge in [-0.05, 0) is 24.3 Å². The number of β-amino-alcohol motifs (C(OH)–C–C–N with tert-alkyl or cyclic N) is 1. The van der Waals surface area contributed by atoms with Crippen molar-refractivity contribution in [3.63, 3.8) is 0 Å². The van der Waals surface area contributed by atoms with E-state index in [0.717, 1.165) is 48.6 Å². The SMILES string of the molecule is CS(=O)(=O)N1CCc2c(c(-c3ccc(C(F)(F)F)c(SCCN4CCOCC4)c3)nn2CC(O)CN2CCN(c3ccccc3O)CC2)C1. The molecule has 0 saturated carbocycles. The fourth-order valence-electron chi connectivity index (χ4n) is 6.72. The molecule has 3 aliphatic rings. The first kappa shape index (κ1) is 35.9. The first-order chi connectivity index (χ1) is 23.4. The van der Waals surface area contributed by atoms with Crippen LogP contribution in [0.15, 0.2) is 47.4 Å². The van der Waals surface area contributed by atoms with Crippen molar-refractivity contribution < 1.29 is 36.5 Å². The summed E-state index contributed by atoms with van der Waals surface area (Å²) in [5.74, 6) is 0.699. The van der Waals surface area contributed by atoms with Gasteiger partial charge < -0.3 is 19.8 Å². The van der Waals surface area contributed by atoms with Gasteiger partial charge in [0.05, 0.1) is 49.1 Å². The number of phenolic OH excluding ortho intramolecular Hbond substituents is 1. The second-order valence-corrected chi connectivity index (χ2v) is 15.9. The lowest BCUT2D eigenvalue weighted by atomic mass is 10.0. The van der Waals surface area contributed by atoms with Gasteiger partial charge in [0.25, 0.3) is 0 Å². The Labute approximate surface area is 289 Å². The van der Waals surface area contributed by atoms with Crippen LogP contribution in [0.5, 0.6) is 5.75 Å². The van der Waals surface area contributed by atoms with Gasteiger partial charge in [0.15, 0.2) is 0 Å². The third kappa shape index (κ3) is 8.72. The summed E-state index contributed by atoms with van der Waals surface area (Å²) in [6.07, 6.45) is -3.82. The van der Waals surface area contributed by atoms with Gasteiger partial charge in [-0.2, -0.15) is 22.6 Å². The van der Waals surface area contributed by atoms with E-state index in [1.165, 1.54) is 16.4 Å². The van der Waals surface area contributed by atoms with E-state index in [-0.39, 0.29) is 30.3 Å². The van der Waals surface area contributed by atoms with Crippen LogP contribution in [0, 0.1) is 0 Å². The molecule has 49 heavy (non-hydrogen) atoms. The van der Waals surface area contributed by atoms with Crippen LogP contribution in [0.2, 0.25) is 0 Å². The molecule has 0 bridgehead atoms. The van der Waals surface area contributed by atoms with Gasteiger partial charge in [0.1, 0.15) is 5.75 Å². The fraction of sp³-hybridized carbons (Fsp3) is 0.545. The van der Waals surface area contributed by atoms with Gasteiger partial charge in [-0.3, -0.25) is 14.5 Å². The highest BCUT2D eigenvalue weighted by Crippen LogP contribution is 2.40. The Balaban J connectivity index is 1.21. The number of benzene rings is 2. The number of halogens is 3. The molecule has 0 aliphatic carbocycles. The summed E-state index contributed by atoms with van der Waals surface area (Å²) in [6, 6.07) is 11.2. The second kappa shape index (κ2) is 15.2. The number of para-hydroxylation sites is 2. The summed E-state index contributed by atoms with van der Waals surface area (Å²) in [7, 11) is -3.53. The van der Waals surface area contributed by atoms with Crippen LogP contribution in [-0.2, 0) is 40.4 Å². The first-order valence-electron chi connectivity index (χ1n) is 16.5. The number of sulfonamides is 1. The number of hydrogen-bond donors (Lipinski definition) is 2. The van der Waals surface area contributed by atoms with Crippen molar-refractivity contribution in [3.05, 3.63) is 59.3 Å². The van der Waals surface area contributed by atoms with E-state index in [1.807, 2.05) is 12.1 Å². The van der Waals surface area contributed by atoms with E-state index in [4.69, 9.17) is 9.84 Å². The smallest absolute Gasteiger partial charge is 0.417 e. The number of hydrogen-bond acceptors (Lipinski definition) is 10. The van der Waals surface area contributed by atoms with Gasteiger partial charge >= 0.3 is 6.18 Å². The maximum Gasteiger partial charge on any atom is 0.417 e. The van der Waals surface area contributed by atoms with Gasteiger partial charge in [0.2, 0.25) is 10.0 Å². The lowest BCUT2D eigenvalue weighted by Crippen LogP contribution is -2.49. The van der Waals surface area contributed by atoms with Crippen molar-refractivity contribution in [2.24, 2.45) is 0 Å². The molecule has 2 aromatic carbocycles. The Hall–Kier alpha value is -2.86. The van der Waals surface area contributed by atoms with Crippen molar-refractivity contribution in [3.8, 4) is 17.0 Å². The summed E-state index contributed by atoms with van der Waals surface area (Å²) < 4.78 is 75.8. The molecule has 2 N–H and O–H groups in total. The molecule has 3 aliphatic heterocycles. The van der Waals surface area contributed by atoms with Gasteiger partial charge in [-0.15, -0.1) is 11.8 Å². The lowest BCUT2D eigenvalue weighted by molar-refractivity contribution is -0.139. The number of ether oxygens (including phenoxy) is 1. The molecular formula is C33H43F3N6O5S2. The number of aromatic nitrogens is 2. The maximum atomic E-state index is 14.1. The second-order valence-electron chi connectivity index (χ2n) is 12.7. The molecule has 11 nitrogen and oxygen atoms in total. The Morgan fingerprint density at radius 1 is 0.980 bits per heavy atom. The van der Waals surface area contributed by atoms with Crippen LogP contribution >= 0.6 is 11.8 Å². The van der Waals surface area contributed by atoms with E-state index < -0.39 is 27.9 Å². The van der Waals surface area contributed by atoms with Crippen LogP contribution in [0.1, 0.15) is 16.8 Å². The molecule has 0 radical (unpaired) electrons. The standard InChI is InChI=1S/C33H43F3N6O5S2/c1-49(45,46)41-9-8-28-26(23-41)32(24-6-7-27(33(34,35)36)31(20-24)48-19-16-38-14-17-47-18-15-38)37-42(28)22-25(43)21-39-10-12-40(13-11-39)29-4-2-3-5-30(29)44/h2-7,20,25,43-44H,8-19,21-23H2,1H3. The number of nitrogens with zero attached hydrogens (tertiary/aromatic N) is 6. The number of phenols is 1. The van der Waals surface area contributed by atoms with Crippen LogP contribution in [0.3, 0.4) is 0 Å². The first-order valence-corrected chi connectivity index (χ1v) is 19.3. The summed E-state index contributed by atoms with van der Waals surface area (Å²) in [5, 5.41) is 26.3. The number of morpholine rings is 1. The highest BCUT2D eigenvalue weighted by atomic mass is 32.2. The molecule has 268 valence electrons. The molecule has 0 amide bonds. The third-order valence-electron chi connectivity index (χ3n) is 9.34. The predicted molar refractivity (Wildman–Crippen MR) is 182 cm³/mol. The Morgan fingerprint density at radius 3 is 2.41 bits per heavy atom. The van der Waals surface area contributed by atoms with Crippen LogP contribution in [0.4, 0.5) is 18.9 Å². The minimum atomic E-state index is -4.54. The van der Waals surface area contributed by atoms with Crippen molar-refractivity contribution in [1.82, 2.24) is 23.9 Å². The summed E-state index contributed by atoms with van der Waals surface area (Å²) in [6.45, 7) is 6.93. The molecular weight excluding hydrogens is 682 g/mol. The van der Waals surface area contributed by atoms with Crippen LogP contribution in [-0.4, -0.2) is 133 Å². The highest BCUT2D eigenvalue weighted by Gasteiger charge is 2.35. The Bertz CT molecular complexity index is 1710. The number of aliphatic hydroxyl groups is 1. The van der Waals surface area contributed by atoms with E-state index in [0.29, 0.717) is 81.5 Å². The maximum absolute atomic E-state index is 14.1. The number of anilines is 1. The van der Waals surface area contributed by atoms with Gasteiger partial charge in [-0.25, -0.2) is 8.42 Å². The largest absolute Gasteiger partial charge is 0.506 e. The minimum absolute atomic E-state index is 0.0500. The van der Waals surface area contributed by atoms with Crippen molar-refractivity contribution in [2.45, 2.75) is 36.7 Å². The number of rotatable bonds is 11. The zero-order valence-electron chi connectivity index (χ0n) is 27.5.